The smallest absolute Gasteiger partial charge is 0.157 e. The van der Waals surface area contributed by atoms with E-state index in [0.717, 1.165) is 38.7 Å². The molecule has 3 aromatic heterocycles. The van der Waals surface area contributed by atoms with Crippen molar-refractivity contribution < 1.29 is 5.94 Å². The molecule has 0 amide bonds. The van der Waals surface area contributed by atoms with Gasteiger partial charge in [-0.1, -0.05) is 60.7 Å². The molecular weight excluding hydrogens is 437 g/mol. The third-order valence-corrected chi connectivity index (χ3v) is 8.66. The van der Waals surface area contributed by atoms with Crippen LogP contribution in [-0.2, 0) is 4.57 Å². The molecule has 0 aliphatic heterocycles. The second-order valence-electron chi connectivity index (χ2n) is 8.36. The van der Waals surface area contributed by atoms with Gasteiger partial charge in [0.2, 0.25) is 0 Å². The van der Waals surface area contributed by atoms with Gasteiger partial charge in [0.05, 0.1) is 12.4 Å². The van der Waals surface area contributed by atoms with Gasteiger partial charge in [-0.05, 0) is 60.2 Å². The maximum Gasteiger partial charge on any atom is 0.157 e. The van der Waals surface area contributed by atoms with E-state index < -0.39 is 7.14 Å². The van der Waals surface area contributed by atoms with Gasteiger partial charge in [-0.2, -0.15) is 0 Å². The Hall–Kier alpha value is -4.01. The number of benzene rings is 3. The lowest BCUT2D eigenvalue weighted by molar-refractivity contribution is 0.590. The minimum Gasteiger partial charge on any atom is -0.312 e. The van der Waals surface area contributed by atoms with E-state index >= 15 is 0 Å². The van der Waals surface area contributed by atoms with Crippen LogP contribution in [-0.4, -0.2) is 21.2 Å². The quantitative estimate of drug-likeness (QED) is 0.295. The van der Waals surface area contributed by atoms with E-state index in [9.17, 15) is 4.57 Å². The molecule has 1 unspecified atom stereocenters. The lowest BCUT2D eigenvalue weighted by atomic mass is 10.0. The monoisotopic (exact) mass is 460 g/mol. The predicted molar refractivity (Wildman–Crippen MR) is 141 cm³/mol. The summed E-state index contributed by atoms with van der Waals surface area (Å²) in [5.74, 6) is 0.867. The average molecular weight is 460 g/mol. The minimum atomic E-state index is -2.90. The zero-order chi connectivity index (χ0) is 24.0. The highest BCUT2D eigenvalue weighted by Gasteiger charge is 2.23. The number of rotatable bonds is 4. The van der Waals surface area contributed by atoms with Gasteiger partial charge in [-0.25, -0.2) is 4.98 Å². The largest absolute Gasteiger partial charge is 0.312 e. The molecular formula is C29H22N3OP. The van der Waals surface area contributed by atoms with Crippen molar-refractivity contribution in [2.45, 2.75) is 0 Å². The molecule has 0 aliphatic carbocycles. The highest BCUT2D eigenvalue weighted by molar-refractivity contribution is 7.77. The van der Waals surface area contributed by atoms with Gasteiger partial charge in [0.15, 0.2) is 7.14 Å². The van der Waals surface area contributed by atoms with Crippen molar-refractivity contribution in [3.63, 3.8) is 0 Å². The van der Waals surface area contributed by atoms with Crippen LogP contribution in [0.5, 0.6) is 0 Å². The SMILES string of the molecule is [2H]c1ccc(P(C)(=O)c2cccc(-c3ccc4c5ccccc5n(-c5ccccn5)c4c3)c2)nc1. The number of fused-ring (bicyclic) bond motifs is 3. The molecule has 1 atom stereocenters. The van der Waals surface area contributed by atoms with Crippen molar-refractivity contribution in [3.8, 4) is 16.9 Å². The fourth-order valence-corrected chi connectivity index (χ4v) is 6.19. The summed E-state index contributed by atoms with van der Waals surface area (Å²) in [4.78, 5) is 8.89. The summed E-state index contributed by atoms with van der Waals surface area (Å²) in [5.41, 5.74) is 4.71. The van der Waals surface area contributed by atoms with Crippen LogP contribution in [0.15, 0.2) is 115 Å². The minimum absolute atomic E-state index is 0.305. The molecule has 0 saturated carbocycles. The summed E-state index contributed by atoms with van der Waals surface area (Å²) in [6.45, 7) is 1.74. The zero-order valence-corrected chi connectivity index (χ0v) is 19.5. The summed E-state index contributed by atoms with van der Waals surface area (Å²) in [6, 6.07) is 32.2. The third kappa shape index (κ3) is 3.35. The molecule has 164 valence electrons. The van der Waals surface area contributed by atoms with Crippen LogP contribution in [0, 0.1) is 0 Å². The lowest BCUT2D eigenvalue weighted by Gasteiger charge is -2.14. The molecule has 0 bridgehead atoms. The van der Waals surface area contributed by atoms with Crippen LogP contribution in [0.2, 0.25) is 0 Å². The van der Waals surface area contributed by atoms with Crippen molar-refractivity contribution in [2.24, 2.45) is 0 Å². The third-order valence-electron chi connectivity index (χ3n) is 6.26. The summed E-state index contributed by atoms with van der Waals surface area (Å²) in [6.07, 6.45) is 3.25. The maximum absolute atomic E-state index is 13.7. The maximum atomic E-state index is 13.7. The van der Waals surface area contributed by atoms with Crippen LogP contribution in [0.3, 0.4) is 0 Å². The van der Waals surface area contributed by atoms with E-state index in [-0.39, 0.29) is 0 Å². The molecule has 0 saturated heterocycles. The van der Waals surface area contributed by atoms with E-state index in [2.05, 4.69) is 50.9 Å². The Morgan fingerprint density at radius 3 is 2.38 bits per heavy atom. The van der Waals surface area contributed by atoms with E-state index in [1.807, 2.05) is 54.7 Å². The second kappa shape index (κ2) is 8.09. The summed E-state index contributed by atoms with van der Waals surface area (Å²) in [7, 11) is -2.90. The van der Waals surface area contributed by atoms with Crippen molar-refractivity contribution in [1.29, 1.82) is 0 Å². The number of para-hydroxylation sites is 1. The van der Waals surface area contributed by atoms with Crippen molar-refractivity contribution in [1.82, 2.24) is 14.5 Å². The summed E-state index contributed by atoms with van der Waals surface area (Å²) < 4.78 is 23.6. The molecule has 3 aromatic carbocycles. The standard InChI is InChI=1S/C29H22N3OP/c1-34(33,29-14-5-7-18-31-29)23-10-8-9-21(19-23)22-15-16-25-24-11-2-3-12-26(24)32(27(25)20-22)28-13-4-6-17-30-28/h2-20H,1H3/i7D. The molecule has 0 aliphatic rings. The van der Waals surface area contributed by atoms with Gasteiger partial charge in [-0.3, -0.25) is 9.55 Å². The van der Waals surface area contributed by atoms with Crippen molar-refractivity contribution in [3.05, 3.63) is 115 Å². The Bertz CT molecular complexity index is 1740. The van der Waals surface area contributed by atoms with Gasteiger partial charge in [0.25, 0.3) is 0 Å². The van der Waals surface area contributed by atoms with Gasteiger partial charge in [0.1, 0.15) is 11.3 Å². The number of aromatic nitrogens is 3. The molecule has 6 aromatic rings. The summed E-state index contributed by atoms with van der Waals surface area (Å²) in [5, 5.41) is 3.08. The Kier molecular flexibility index (Phi) is 4.63. The van der Waals surface area contributed by atoms with Crippen LogP contribution in [0.25, 0.3) is 38.8 Å². The average Bonchev–Trinajstić information content (AvgIpc) is 3.23. The van der Waals surface area contributed by atoms with E-state index in [4.69, 9.17) is 1.37 Å². The first-order chi connectivity index (χ1) is 17.0. The first-order valence-electron chi connectivity index (χ1n) is 11.6. The topological polar surface area (TPSA) is 47.8 Å². The molecule has 0 fully saturated rings. The fourth-order valence-electron chi connectivity index (χ4n) is 4.53. The molecule has 5 heteroatoms. The first kappa shape index (κ1) is 19.5. The van der Waals surface area contributed by atoms with E-state index in [1.165, 1.54) is 11.6 Å². The van der Waals surface area contributed by atoms with Gasteiger partial charge in [0, 0.05) is 28.5 Å². The van der Waals surface area contributed by atoms with Crippen LogP contribution in [0.1, 0.15) is 1.37 Å². The number of nitrogens with zero attached hydrogens (tertiary/aromatic N) is 3. The molecule has 34 heavy (non-hydrogen) atoms. The van der Waals surface area contributed by atoms with Gasteiger partial charge in [-0.15, -0.1) is 0 Å². The number of pyridine rings is 2. The van der Waals surface area contributed by atoms with Crippen LogP contribution >= 0.6 is 7.14 Å². The predicted octanol–water partition coefficient (Wildman–Crippen LogP) is 6.18. The van der Waals surface area contributed by atoms with Gasteiger partial charge >= 0.3 is 0 Å². The number of hydrogen-bond acceptors (Lipinski definition) is 3. The first-order valence-corrected chi connectivity index (χ1v) is 13.2. The van der Waals surface area contributed by atoms with E-state index in [0.29, 0.717) is 11.5 Å². The fraction of sp³-hybridized carbons (Fsp3) is 0.0345. The molecule has 0 spiro atoms. The molecule has 6 rings (SSSR count). The second-order valence-corrected chi connectivity index (χ2v) is 11.2. The van der Waals surface area contributed by atoms with Crippen molar-refractivity contribution >= 4 is 39.7 Å². The Morgan fingerprint density at radius 1 is 0.735 bits per heavy atom. The van der Waals surface area contributed by atoms with Crippen LogP contribution in [0.4, 0.5) is 0 Å². The highest BCUT2D eigenvalue weighted by atomic mass is 31.2. The zero-order valence-electron chi connectivity index (χ0n) is 19.6. The number of hydrogen-bond donors (Lipinski definition) is 0. The molecule has 3 heterocycles. The van der Waals surface area contributed by atoms with Gasteiger partial charge < -0.3 is 4.57 Å². The summed E-state index contributed by atoms with van der Waals surface area (Å²) >= 11 is 0. The Balaban J connectivity index is 1.52. The normalized spacial score (nSPS) is 13.6. The molecule has 4 nitrogen and oxygen atoms in total. The van der Waals surface area contributed by atoms with Crippen LogP contribution < -0.4 is 10.7 Å². The van der Waals surface area contributed by atoms with Crippen molar-refractivity contribution in [2.75, 3.05) is 6.66 Å². The molecule has 0 radical (unpaired) electrons. The van der Waals surface area contributed by atoms with E-state index in [1.54, 1.807) is 18.8 Å². The molecule has 0 N–H and O–H groups in total. The highest BCUT2D eigenvalue weighted by Crippen LogP contribution is 2.39. The Morgan fingerprint density at radius 2 is 1.56 bits per heavy atom. The lowest BCUT2D eigenvalue weighted by Crippen LogP contribution is -2.17. The Labute approximate surface area is 199 Å².